The van der Waals surface area contributed by atoms with Gasteiger partial charge in [-0.1, -0.05) is 39.8 Å². The van der Waals surface area contributed by atoms with Crippen LogP contribution < -0.4 is 9.47 Å². The normalized spacial score (nSPS) is 36.6. The molecule has 1 N–H and O–H groups in total. The molecule has 2 unspecified atom stereocenters. The van der Waals surface area contributed by atoms with E-state index in [9.17, 15) is 19.5 Å². The number of aliphatic hydroxyl groups is 1. The molecule has 224 valence electrons. The monoisotopic (exact) mass is 568 g/mol. The minimum absolute atomic E-state index is 0.108. The third-order valence-electron chi connectivity index (χ3n) is 10.7. The van der Waals surface area contributed by atoms with Crippen LogP contribution in [-0.4, -0.2) is 55.9 Å². The predicted molar refractivity (Wildman–Crippen MR) is 154 cm³/mol. The maximum absolute atomic E-state index is 13.5. The number of ketones is 1. The molecule has 41 heavy (non-hydrogen) atoms. The Morgan fingerprint density at radius 1 is 1.12 bits per heavy atom. The van der Waals surface area contributed by atoms with Crippen LogP contribution in [0.25, 0.3) is 6.08 Å². The summed E-state index contributed by atoms with van der Waals surface area (Å²) in [6, 6.07) is 5.20. The van der Waals surface area contributed by atoms with E-state index in [0.717, 1.165) is 19.3 Å². The summed E-state index contributed by atoms with van der Waals surface area (Å²) < 4.78 is 21.8. The molecule has 3 saturated carbocycles. The molecule has 3 fully saturated rings. The van der Waals surface area contributed by atoms with E-state index in [0.29, 0.717) is 29.9 Å². The third kappa shape index (κ3) is 5.31. The zero-order chi connectivity index (χ0) is 30.2. The first kappa shape index (κ1) is 30.8. The molecule has 1 aromatic rings. The fourth-order valence-corrected chi connectivity index (χ4v) is 7.99. The second-order valence-corrected chi connectivity index (χ2v) is 12.6. The van der Waals surface area contributed by atoms with Gasteiger partial charge in [-0.25, -0.2) is 9.59 Å². The molecule has 0 spiro atoms. The van der Waals surface area contributed by atoms with Crippen molar-refractivity contribution in [3.8, 4) is 11.5 Å². The Bertz CT molecular complexity index is 1220. The van der Waals surface area contributed by atoms with Crippen molar-refractivity contribution in [2.75, 3.05) is 20.8 Å². The SMILES string of the molecule is C=CC1(C)C[C@@H](OC(=O)COC(=O)/C=C/c2ccc(OC)c(OC)c2)[C@@]2(C)[C@@H]3C(=O)CCC3(CC[C@@H]2C)[C@@H](C)[C@@H]1O. The molecular weight excluding hydrogens is 524 g/mol. The Morgan fingerprint density at radius 3 is 2.49 bits per heavy atom. The van der Waals surface area contributed by atoms with Crippen LogP contribution in [0.15, 0.2) is 36.9 Å². The van der Waals surface area contributed by atoms with Crippen molar-refractivity contribution < 1.29 is 38.4 Å². The summed E-state index contributed by atoms with van der Waals surface area (Å²) >= 11 is 0. The van der Waals surface area contributed by atoms with Crippen molar-refractivity contribution >= 4 is 23.8 Å². The van der Waals surface area contributed by atoms with Crippen LogP contribution >= 0.6 is 0 Å². The van der Waals surface area contributed by atoms with E-state index in [1.165, 1.54) is 20.3 Å². The van der Waals surface area contributed by atoms with Gasteiger partial charge in [-0.2, -0.15) is 0 Å². The highest BCUT2D eigenvalue weighted by Gasteiger charge is 2.68. The van der Waals surface area contributed by atoms with E-state index in [4.69, 9.17) is 18.9 Å². The molecule has 2 bridgehead atoms. The first-order chi connectivity index (χ1) is 19.4. The highest BCUT2D eigenvalue weighted by molar-refractivity contribution is 5.89. The fourth-order valence-electron chi connectivity index (χ4n) is 7.99. The van der Waals surface area contributed by atoms with Gasteiger partial charge in [-0.05, 0) is 66.7 Å². The maximum atomic E-state index is 13.5. The second-order valence-electron chi connectivity index (χ2n) is 12.6. The molecule has 3 aliphatic carbocycles. The number of Topliss-reactive ketones (excluding diaryl/α,β-unsaturated/α-hetero) is 1. The van der Waals surface area contributed by atoms with Crippen molar-refractivity contribution in [2.45, 2.75) is 72.0 Å². The van der Waals surface area contributed by atoms with E-state index >= 15 is 0 Å². The van der Waals surface area contributed by atoms with Crippen molar-refractivity contribution in [1.29, 1.82) is 0 Å². The van der Waals surface area contributed by atoms with E-state index in [2.05, 4.69) is 27.4 Å². The van der Waals surface area contributed by atoms with Gasteiger partial charge in [0.05, 0.1) is 20.3 Å². The van der Waals surface area contributed by atoms with Crippen molar-refractivity contribution in [1.82, 2.24) is 0 Å². The molecule has 0 aromatic heterocycles. The van der Waals surface area contributed by atoms with Gasteiger partial charge < -0.3 is 24.1 Å². The average molecular weight is 569 g/mol. The number of hydrogen-bond donors (Lipinski definition) is 1. The Kier molecular flexibility index (Phi) is 8.74. The van der Waals surface area contributed by atoms with Crippen molar-refractivity contribution in [3.63, 3.8) is 0 Å². The Morgan fingerprint density at radius 2 is 1.83 bits per heavy atom. The lowest BCUT2D eigenvalue weighted by atomic mass is 9.44. The maximum Gasteiger partial charge on any atom is 0.344 e. The molecule has 0 saturated heterocycles. The highest BCUT2D eigenvalue weighted by Crippen LogP contribution is 2.68. The van der Waals surface area contributed by atoms with Crippen LogP contribution in [0.5, 0.6) is 11.5 Å². The Labute approximate surface area is 243 Å². The molecule has 8 heteroatoms. The molecule has 0 amide bonds. The van der Waals surface area contributed by atoms with Crippen LogP contribution in [0.1, 0.15) is 65.4 Å². The Hall–Kier alpha value is -3.13. The number of benzene rings is 1. The van der Waals surface area contributed by atoms with E-state index < -0.39 is 41.6 Å². The molecule has 4 rings (SSSR count). The lowest BCUT2D eigenvalue weighted by Crippen LogP contribution is -2.63. The number of carbonyl (C=O) groups is 3. The number of methoxy groups -OCH3 is 2. The van der Waals surface area contributed by atoms with Gasteiger partial charge >= 0.3 is 11.9 Å². The second kappa shape index (κ2) is 11.6. The van der Waals surface area contributed by atoms with E-state index in [-0.39, 0.29) is 29.0 Å². The van der Waals surface area contributed by atoms with Crippen LogP contribution in [-0.2, 0) is 23.9 Å². The van der Waals surface area contributed by atoms with E-state index in [1.807, 2.05) is 6.92 Å². The van der Waals surface area contributed by atoms with Crippen molar-refractivity contribution in [2.24, 2.45) is 34.0 Å². The van der Waals surface area contributed by atoms with Crippen LogP contribution in [0, 0.1) is 34.0 Å². The first-order valence-corrected chi connectivity index (χ1v) is 14.5. The molecular formula is C33H44O8. The summed E-state index contributed by atoms with van der Waals surface area (Å²) in [6.45, 7) is 11.7. The van der Waals surface area contributed by atoms with Crippen molar-refractivity contribution in [3.05, 3.63) is 42.5 Å². The molecule has 3 aliphatic rings. The van der Waals surface area contributed by atoms with Gasteiger partial charge in [-0.3, -0.25) is 4.79 Å². The summed E-state index contributed by atoms with van der Waals surface area (Å²) in [7, 11) is 3.06. The summed E-state index contributed by atoms with van der Waals surface area (Å²) in [5.74, 6) is -0.420. The number of aliphatic hydroxyl groups excluding tert-OH is 1. The van der Waals surface area contributed by atoms with Gasteiger partial charge in [0.15, 0.2) is 18.1 Å². The number of rotatable bonds is 8. The summed E-state index contributed by atoms with van der Waals surface area (Å²) in [5.41, 5.74) is -1.02. The van der Waals surface area contributed by atoms with Gasteiger partial charge in [0.2, 0.25) is 0 Å². The van der Waals surface area contributed by atoms with Gasteiger partial charge in [-0.15, -0.1) is 6.58 Å². The highest BCUT2D eigenvalue weighted by atomic mass is 16.6. The predicted octanol–water partition coefficient (Wildman–Crippen LogP) is 5.17. The molecule has 8 nitrogen and oxygen atoms in total. The lowest BCUT2D eigenvalue weighted by molar-refractivity contribution is -0.208. The summed E-state index contributed by atoms with van der Waals surface area (Å²) in [4.78, 5) is 39.1. The molecule has 1 aromatic carbocycles. The molecule has 0 aliphatic heterocycles. The van der Waals surface area contributed by atoms with Gasteiger partial charge in [0.25, 0.3) is 0 Å². The molecule has 0 heterocycles. The number of ether oxygens (including phenoxy) is 4. The van der Waals surface area contributed by atoms with Gasteiger partial charge in [0, 0.05) is 29.2 Å². The van der Waals surface area contributed by atoms with Gasteiger partial charge in [0.1, 0.15) is 11.9 Å². The van der Waals surface area contributed by atoms with E-state index in [1.54, 1.807) is 30.4 Å². The number of esters is 2. The topological polar surface area (TPSA) is 108 Å². The first-order valence-electron chi connectivity index (χ1n) is 14.5. The zero-order valence-electron chi connectivity index (χ0n) is 25.1. The smallest absolute Gasteiger partial charge is 0.344 e. The summed E-state index contributed by atoms with van der Waals surface area (Å²) in [6.07, 6.45) is 6.39. The number of carbonyl (C=O) groups excluding carboxylic acids is 3. The van der Waals surface area contributed by atoms with Crippen LogP contribution in [0.3, 0.4) is 0 Å². The van der Waals surface area contributed by atoms with Crippen LogP contribution in [0.2, 0.25) is 0 Å². The number of hydrogen-bond acceptors (Lipinski definition) is 8. The lowest BCUT2D eigenvalue weighted by Gasteiger charge is -2.61. The Balaban J connectivity index is 1.52. The zero-order valence-corrected chi connectivity index (χ0v) is 25.1. The minimum Gasteiger partial charge on any atom is -0.493 e. The molecule has 8 atom stereocenters. The fraction of sp³-hybridized carbons (Fsp3) is 0.606. The molecule has 0 radical (unpaired) electrons. The standard InChI is InChI=1S/C33H44O8/c1-8-31(4)18-26(32(5)20(2)13-15-33(21(3)30(31)37)16-14-23(34)29(32)33)41-28(36)19-40-27(35)12-10-22-9-11-24(38-6)25(17-22)39-7/h8-12,17,20-21,26,29-30,37H,1,13-16,18-19H2,2-7H3/b12-10+/t20-,21-,26+,29-,30-,31?,32-,33?/m0/s1. The summed E-state index contributed by atoms with van der Waals surface area (Å²) in [5, 5.41) is 11.6. The quantitative estimate of drug-likeness (QED) is 0.260. The minimum atomic E-state index is -0.743. The average Bonchev–Trinajstić information content (AvgIpc) is 3.32. The third-order valence-corrected chi connectivity index (χ3v) is 10.7. The van der Waals surface area contributed by atoms with Crippen LogP contribution in [0.4, 0.5) is 0 Å². The largest absolute Gasteiger partial charge is 0.493 e.